The maximum atomic E-state index is 14.3. The molecule has 2 aromatic rings. The molecule has 3 aliphatic rings. The van der Waals surface area contributed by atoms with Crippen LogP contribution in [-0.2, 0) is 11.3 Å². The van der Waals surface area contributed by atoms with Gasteiger partial charge in [-0.2, -0.15) is 0 Å². The van der Waals surface area contributed by atoms with E-state index >= 15 is 0 Å². The zero-order valence-corrected chi connectivity index (χ0v) is 17.1. The molecule has 1 N–H and O–H groups in total. The molecule has 1 fully saturated rings. The van der Waals surface area contributed by atoms with Gasteiger partial charge in [0, 0.05) is 30.5 Å². The van der Waals surface area contributed by atoms with E-state index < -0.39 is 49.2 Å². The van der Waals surface area contributed by atoms with Crippen LogP contribution in [0.5, 0.6) is 0 Å². The van der Waals surface area contributed by atoms with Gasteiger partial charge in [-0.05, 0) is 35.4 Å². The van der Waals surface area contributed by atoms with Gasteiger partial charge >= 0.3 is 0 Å². The second kappa shape index (κ2) is 7.98. The highest BCUT2D eigenvalue weighted by atomic mass is 19.3. The van der Waals surface area contributed by atoms with E-state index in [0.717, 1.165) is 0 Å². The zero-order valence-electron chi connectivity index (χ0n) is 17.1. The Hall–Kier alpha value is -3.21. The van der Waals surface area contributed by atoms with Crippen molar-refractivity contribution in [2.45, 2.75) is 44.0 Å². The van der Waals surface area contributed by atoms with E-state index in [1.54, 1.807) is 17.1 Å². The Labute approximate surface area is 185 Å². The topological polar surface area (TPSA) is 57.2 Å². The lowest BCUT2D eigenvalue weighted by Crippen LogP contribution is -2.51. The van der Waals surface area contributed by atoms with Crippen LogP contribution < -0.4 is 5.43 Å². The normalized spacial score (nSPS) is 24.5. The number of alkyl halides is 4. The molecule has 0 aromatic heterocycles. The van der Waals surface area contributed by atoms with Crippen LogP contribution in [0.3, 0.4) is 0 Å². The number of halogens is 5. The third-order valence-electron chi connectivity index (χ3n) is 6.03. The first-order chi connectivity index (χ1) is 15.7. The lowest BCUT2D eigenvalue weighted by atomic mass is 9.94. The van der Waals surface area contributed by atoms with Crippen molar-refractivity contribution in [3.05, 3.63) is 70.5 Å². The number of hydrogen-bond donors (Lipinski definition) is 1. The van der Waals surface area contributed by atoms with E-state index in [-0.39, 0.29) is 19.0 Å². The van der Waals surface area contributed by atoms with Crippen LogP contribution in [-0.4, -0.2) is 46.9 Å². The van der Waals surface area contributed by atoms with Crippen LogP contribution in [0.15, 0.2) is 47.6 Å². The number of fused-ring (bicyclic) bond motifs is 1. The standard InChI is InChI=1S/C22H19F5N4O2/c23-15-5-3-12(4-6-15)17-10-22(26,27)7-8-30(17)31-11-14-2-1-13(9-16(14)21(31)32)19-28-29-20(33-19)18(24)25/h1-6,9,17-18,20,29H,7-8,10-11H2. The highest BCUT2D eigenvalue weighted by Gasteiger charge is 2.45. The summed E-state index contributed by atoms with van der Waals surface area (Å²) in [4.78, 5) is 13.2. The number of carbonyl (C=O) groups excluding carboxylic acids is 1. The first-order valence-corrected chi connectivity index (χ1v) is 10.3. The quantitative estimate of drug-likeness (QED) is 0.692. The molecular weight excluding hydrogens is 447 g/mol. The smallest absolute Gasteiger partial charge is 0.294 e. The van der Waals surface area contributed by atoms with E-state index in [9.17, 15) is 26.7 Å². The van der Waals surface area contributed by atoms with Crippen LogP contribution in [0.1, 0.15) is 45.9 Å². The Morgan fingerprint density at radius 2 is 1.91 bits per heavy atom. The maximum Gasteiger partial charge on any atom is 0.294 e. The van der Waals surface area contributed by atoms with E-state index in [1.165, 1.54) is 35.3 Å². The lowest BCUT2D eigenvalue weighted by Gasteiger charge is -2.43. The summed E-state index contributed by atoms with van der Waals surface area (Å²) >= 11 is 0. The summed E-state index contributed by atoms with van der Waals surface area (Å²) in [5, 5.41) is 6.77. The monoisotopic (exact) mass is 466 g/mol. The molecule has 0 saturated carbocycles. The molecule has 1 amide bonds. The molecule has 3 aliphatic heterocycles. The average molecular weight is 466 g/mol. The van der Waals surface area contributed by atoms with Gasteiger partial charge < -0.3 is 4.74 Å². The minimum Gasteiger partial charge on any atom is -0.445 e. The number of benzene rings is 2. The zero-order chi connectivity index (χ0) is 23.3. The molecule has 5 rings (SSSR count). The maximum absolute atomic E-state index is 14.3. The molecule has 11 heteroatoms. The largest absolute Gasteiger partial charge is 0.445 e. The van der Waals surface area contributed by atoms with Crippen LogP contribution in [0.2, 0.25) is 0 Å². The number of hydrazone groups is 1. The number of hydrogen-bond acceptors (Lipinski definition) is 5. The van der Waals surface area contributed by atoms with Gasteiger partial charge in [-0.25, -0.2) is 27.0 Å². The molecule has 0 aliphatic carbocycles. The predicted molar refractivity (Wildman–Crippen MR) is 107 cm³/mol. The number of nitrogens with zero attached hydrogens (tertiary/aromatic N) is 3. The second-order valence-corrected chi connectivity index (χ2v) is 8.19. The summed E-state index contributed by atoms with van der Waals surface area (Å²) < 4.78 is 72.6. The molecule has 2 aromatic carbocycles. The third-order valence-corrected chi connectivity index (χ3v) is 6.03. The van der Waals surface area contributed by atoms with Crippen LogP contribution in [0.4, 0.5) is 22.0 Å². The molecule has 33 heavy (non-hydrogen) atoms. The summed E-state index contributed by atoms with van der Waals surface area (Å²) in [6.45, 7) is 0.111. The highest BCUT2D eigenvalue weighted by Crippen LogP contribution is 2.42. The molecule has 0 bridgehead atoms. The number of nitrogens with one attached hydrogen (secondary N) is 1. The van der Waals surface area contributed by atoms with Gasteiger partial charge in [-0.15, -0.1) is 5.10 Å². The second-order valence-electron chi connectivity index (χ2n) is 8.19. The van der Waals surface area contributed by atoms with Crippen molar-refractivity contribution in [1.82, 2.24) is 15.4 Å². The van der Waals surface area contributed by atoms with Crippen molar-refractivity contribution in [2.24, 2.45) is 5.10 Å². The van der Waals surface area contributed by atoms with Crippen molar-refractivity contribution in [3.63, 3.8) is 0 Å². The number of hydrazine groups is 1. The molecule has 0 radical (unpaired) electrons. The lowest BCUT2D eigenvalue weighted by molar-refractivity contribution is -0.136. The summed E-state index contributed by atoms with van der Waals surface area (Å²) in [5.41, 5.74) is 4.00. The van der Waals surface area contributed by atoms with E-state index in [0.29, 0.717) is 22.3 Å². The Morgan fingerprint density at radius 3 is 2.61 bits per heavy atom. The van der Waals surface area contributed by atoms with Gasteiger partial charge in [-0.3, -0.25) is 15.2 Å². The number of ether oxygens (including phenoxy) is 1. The first kappa shape index (κ1) is 21.6. The summed E-state index contributed by atoms with van der Waals surface area (Å²) in [6, 6.07) is 9.25. The number of piperidine rings is 1. The van der Waals surface area contributed by atoms with Gasteiger partial charge in [-0.1, -0.05) is 18.2 Å². The fourth-order valence-electron chi connectivity index (χ4n) is 4.35. The molecular formula is C22H19F5N4O2. The Balaban J connectivity index is 1.41. The van der Waals surface area contributed by atoms with E-state index in [4.69, 9.17) is 4.74 Å². The average Bonchev–Trinajstić information content (AvgIpc) is 3.39. The Morgan fingerprint density at radius 1 is 1.15 bits per heavy atom. The van der Waals surface area contributed by atoms with Crippen molar-refractivity contribution in [1.29, 1.82) is 0 Å². The molecule has 0 spiro atoms. The summed E-state index contributed by atoms with van der Waals surface area (Å²) in [6.07, 6.45) is -5.26. The van der Waals surface area contributed by atoms with E-state index in [2.05, 4.69) is 10.5 Å². The number of amides is 1. The van der Waals surface area contributed by atoms with Gasteiger partial charge in [0.2, 0.25) is 12.1 Å². The van der Waals surface area contributed by atoms with Crippen LogP contribution in [0, 0.1) is 5.82 Å². The van der Waals surface area contributed by atoms with Gasteiger partial charge in [0.15, 0.2) is 0 Å². The molecule has 3 heterocycles. The summed E-state index contributed by atoms with van der Waals surface area (Å²) in [7, 11) is 0. The number of rotatable bonds is 4. The summed E-state index contributed by atoms with van der Waals surface area (Å²) in [5.74, 6) is -3.85. The fraction of sp³-hybridized carbons (Fsp3) is 0.364. The van der Waals surface area contributed by atoms with Crippen LogP contribution in [0.25, 0.3) is 0 Å². The molecule has 6 nitrogen and oxygen atoms in total. The van der Waals surface area contributed by atoms with Crippen molar-refractivity contribution in [2.75, 3.05) is 6.54 Å². The number of carbonyl (C=O) groups is 1. The van der Waals surface area contributed by atoms with Crippen LogP contribution >= 0.6 is 0 Å². The molecule has 2 unspecified atom stereocenters. The third kappa shape index (κ3) is 4.01. The molecule has 1 saturated heterocycles. The first-order valence-electron chi connectivity index (χ1n) is 10.3. The van der Waals surface area contributed by atoms with E-state index in [1.807, 2.05) is 0 Å². The Kier molecular flexibility index (Phi) is 5.23. The minimum absolute atomic E-state index is 0.0581. The molecule has 2 atom stereocenters. The Bertz CT molecular complexity index is 1110. The molecule has 174 valence electrons. The predicted octanol–water partition coefficient (Wildman–Crippen LogP) is 4.04. The van der Waals surface area contributed by atoms with Crippen molar-refractivity contribution < 1.29 is 31.5 Å². The van der Waals surface area contributed by atoms with Crippen molar-refractivity contribution in [3.8, 4) is 0 Å². The van der Waals surface area contributed by atoms with Crippen molar-refractivity contribution >= 4 is 11.8 Å². The fourth-order valence-corrected chi connectivity index (χ4v) is 4.35. The SMILES string of the molecule is O=C1c2cc(C3=NNC(C(F)F)O3)ccc2CN1N1CCC(F)(F)CC1c1ccc(F)cc1. The minimum atomic E-state index is -2.91. The highest BCUT2D eigenvalue weighted by molar-refractivity contribution is 6.02. The van der Waals surface area contributed by atoms with Gasteiger partial charge in [0.1, 0.15) is 5.82 Å². The van der Waals surface area contributed by atoms with Gasteiger partial charge in [0.05, 0.1) is 12.6 Å². The van der Waals surface area contributed by atoms with Gasteiger partial charge in [0.25, 0.3) is 18.3 Å².